The molecule has 1 aliphatic heterocycles. The van der Waals surface area contributed by atoms with Crippen LogP contribution in [0, 0.1) is 5.92 Å². The van der Waals surface area contributed by atoms with Gasteiger partial charge in [0.1, 0.15) is 0 Å². The summed E-state index contributed by atoms with van der Waals surface area (Å²) in [6, 6.07) is 5.31. The van der Waals surface area contributed by atoms with Gasteiger partial charge in [-0.3, -0.25) is 14.7 Å². The normalized spacial score (nSPS) is 18.9. The number of likely N-dealkylation sites (tertiary alicyclic amines) is 1. The van der Waals surface area contributed by atoms with Crippen LogP contribution in [0.1, 0.15) is 16.8 Å². The topological polar surface area (TPSA) is 86.3 Å². The van der Waals surface area contributed by atoms with Gasteiger partial charge in [0.25, 0.3) is 5.91 Å². The molecule has 0 aliphatic carbocycles. The number of carboxylic acid groups (broad SMARTS) is 1. The third kappa shape index (κ3) is 2.05. The van der Waals surface area contributed by atoms with Crippen LogP contribution < -0.4 is 0 Å². The highest BCUT2D eigenvalue weighted by Crippen LogP contribution is 2.20. The van der Waals surface area contributed by atoms with Crippen LogP contribution in [0.4, 0.5) is 0 Å². The summed E-state index contributed by atoms with van der Waals surface area (Å²) in [7, 11) is 0. The Morgan fingerprint density at radius 3 is 3.00 bits per heavy atom. The van der Waals surface area contributed by atoms with E-state index < -0.39 is 11.9 Å². The first-order chi connectivity index (χ1) is 9.15. The fourth-order valence-corrected chi connectivity index (χ4v) is 2.40. The van der Waals surface area contributed by atoms with Gasteiger partial charge >= 0.3 is 5.97 Å². The molecule has 2 N–H and O–H groups in total. The molecule has 6 heteroatoms. The summed E-state index contributed by atoms with van der Waals surface area (Å²) in [5.41, 5.74) is 1.45. The van der Waals surface area contributed by atoms with Gasteiger partial charge in [0, 0.05) is 24.0 Å². The van der Waals surface area contributed by atoms with E-state index in [0.29, 0.717) is 18.5 Å². The lowest BCUT2D eigenvalue weighted by Crippen LogP contribution is -2.29. The molecule has 6 nitrogen and oxygen atoms in total. The summed E-state index contributed by atoms with van der Waals surface area (Å²) in [6.07, 6.45) is 2.19. The van der Waals surface area contributed by atoms with E-state index in [0.717, 1.165) is 10.9 Å². The smallest absolute Gasteiger partial charge is 0.308 e. The number of nitrogens with zero attached hydrogens (tertiary/aromatic N) is 2. The average molecular weight is 259 g/mol. The highest BCUT2D eigenvalue weighted by molar-refractivity contribution is 5.98. The second-order valence-corrected chi connectivity index (χ2v) is 4.75. The molecule has 2 aromatic rings. The minimum absolute atomic E-state index is 0.119. The average Bonchev–Trinajstić information content (AvgIpc) is 3.06. The minimum atomic E-state index is -0.833. The first kappa shape index (κ1) is 11.7. The number of fused-ring (bicyclic) bond motifs is 1. The lowest BCUT2D eigenvalue weighted by atomic mass is 10.1. The Morgan fingerprint density at radius 2 is 2.26 bits per heavy atom. The fourth-order valence-electron chi connectivity index (χ4n) is 2.40. The highest BCUT2D eigenvalue weighted by Gasteiger charge is 2.31. The zero-order chi connectivity index (χ0) is 13.4. The number of aromatic nitrogens is 2. The van der Waals surface area contributed by atoms with Crippen molar-refractivity contribution in [3.05, 3.63) is 30.0 Å². The summed E-state index contributed by atoms with van der Waals surface area (Å²) in [6.45, 7) is 0.789. The molecule has 2 heterocycles. The van der Waals surface area contributed by atoms with Crippen molar-refractivity contribution >= 4 is 22.8 Å². The number of H-pyrrole nitrogens is 1. The number of rotatable bonds is 2. The number of hydrogen-bond donors (Lipinski definition) is 2. The second kappa shape index (κ2) is 4.38. The van der Waals surface area contributed by atoms with Crippen molar-refractivity contribution in [1.29, 1.82) is 0 Å². The van der Waals surface area contributed by atoms with Crippen LogP contribution in [0.15, 0.2) is 24.4 Å². The number of benzene rings is 1. The molecular formula is C13H13N3O3. The van der Waals surface area contributed by atoms with Gasteiger partial charge in [-0.1, -0.05) is 0 Å². The van der Waals surface area contributed by atoms with E-state index in [-0.39, 0.29) is 12.5 Å². The van der Waals surface area contributed by atoms with E-state index in [4.69, 9.17) is 5.11 Å². The van der Waals surface area contributed by atoms with Crippen LogP contribution in [-0.2, 0) is 4.79 Å². The molecule has 1 amide bonds. The summed E-state index contributed by atoms with van der Waals surface area (Å²) < 4.78 is 0. The van der Waals surface area contributed by atoms with Crippen LogP contribution in [0.2, 0.25) is 0 Å². The lowest BCUT2D eigenvalue weighted by molar-refractivity contribution is -0.141. The maximum atomic E-state index is 12.3. The van der Waals surface area contributed by atoms with Crippen LogP contribution in [-0.4, -0.2) is 45.2 Å². The quantitative estimate of drug-likeness (QED) is 0.845. The Bertz CT molecular complexity index is 649. The van der Waals surface area contributed by atoms with Gasteiger partial charge in [-0.15, -0.1) is 0 Å². The maximum absolute atomic E-state index is 12.3. The third-order valence-corrected chi connectivity index (χ3v) is 3.51. The van der Waals surface area contributed by atoms with Crippen LogP contribution in [0.5, 0.6) is 0 Å². The van der Waals surface area contributed by atoms with Gasteiger partial charge in [0.05, 0.1) is 17.6 Å². The van der Waals surface area contributed by atoms with Crippen LogP contribution in [0.25, 0.3) is 10.9 Å². The lowest BCUT2D eigenvalue weighted by Gasteiger charge is -2.15. The Kier molecular flexibility index (Phi) is 2.70. The van der Waals surface area contributed by atoms with Crippen molar-refractivity contribution in [2.75, 3.05) is 13.1 Å². The van der Waals surface area contributed by atoms with Crippen molar-refractivity contribution in [1.82, 2.24) is 15.1 Å². The van der Waals surface area contributed by atoms with E-state index in [1.807, 2.05) is 0 Å². The number of nitrogens with one attached hydrogen (secondary N) is 1. The molecule has 1 aromatic heterocycles. The molecule has 19 heavy (non-hydrogen) atoms. The summed E-state index contributed by atoms with van der Waals surface area (Å²) >= 11 is 0. The monoisotopic (exact) mass is 259 g/mol. The van der Waals surface area contributed by atoms with E-state index >= 15 is 0 Å². The first-order valence-corrected chi connectivity index (χ1v) is 6.10. The van der Waals surface area contributed by atoms with Gasteiger partial charge in [0.2, 0.25) is 0 Å². The van der Waals surface area contributed by atoms with E-state index in [2.05, 4.69) is 10.2 Å². The maximum Gasteiger partial charge on any atom is 0.308 e. The Balaban J connectivity index is 1.82. The number of carbonyl (C=O) groups is 2. The molecule has 0 bridgehead atoms. The molecule has 3 rings (SSSR count). The molecule has 98 valence electrons. The van der Waals surface area contributed by atoms with Gasteiger partial charge < -0.3 is 10.0 Å². The molecule has 1 saturated heterocycles. The minimum Gasteiger partial charge on any atom is -0.481 e. The number of amides is 1. The van der Waals surface area contributed by atoms with Gasteiger partial charge in [-0.25, -0.2) is 0 Å². The first-order valence-electron chi connectivity index (χ1n) is 6.10. The van der Waals surface area contributed by atoms with Gasteiger partial charge in [0.15, 0.2) is 0 Å². The zero-order valence-electron chi connectivity index (χ0n) is 10.2. The largest absolute Gasteiger partial charge is 0.481 e. The number of hydrogen-bond acceptors (Lipinski definition) is 3. The summed E-state index contributed by atoms with van der Waals surface area (Å²) in [4.78, 5) is 24.8. The molecular weight excluding hydrogens is 246 g/mol. The van der Waals surface area contributed by atoms with Crippen LogP contribution in [0.3, 0.4) is 0 Å². The molecule has 1 aliphatic rings. The number of aliphatic carboxylic acids is 1. The standard InChI is InChI=1S/C13H13N3O3/c17-12(16-4-3-9(7-16)13(18)19)8-1-2-11-10(5-8)6-14-15-11/h1-2,5-6,9H,3-4,7H2,(H,14,15)(H,18,19)/t9-/m1/s1. The summed E-state index contributed by atoms with van der Waals surface area (Å²) in [5, 5.41) is 16.6. The van der Waals surface area contributed by atoms with Crippen molar-refractivity contribution < 1.29 is 14.7 Å². The Morgan fingerprint density at radius 1 is 1.42 bits per heavy atom. The van der Waals surface area contributed by atoms with Crippen molar-refractivity contribution in [2.45, 2.75) is 6.42 Å². The number of carbonyl (C=O) groups excluding carboxylic acids is 1. The fraction of sp³-hybridized carbons (Fsp3) is 0.308. The molecule has 0 saturated carbocycles. The Labute approximate surface area is 109 Å². The zero-order valence-corrected chi connectivity index (χ0v) is 10.2. The molecule has 1 atom stereocenters. The number of carboxylic acids is 1. The predicted octanol–water partition coefficient (Wildman–Crippen LogP) is 1.11. The van der Waals surface area contributed by atoms with Gasteiger partial charge in [-0.05, 0) is 24.6 Å². The van der Waals surface area contributed by atoms with E-state index in [1.165, 1.54) is 0 Å². The molecule has 0 unspecified atom stereocenters. The molecule has 0 radical (unpaired) electrons. The van der Waals surface area contributed by atoms with Gasteiger partial charge in [-0.2, -0.15) is 5.10 Å². The molecule has 1 aromatic carbocycles. The van der Waals surface area contributed by atoms with Crippen LogP contribution >= 0.6 is 0 Å². The third-order valence-electron chi connectivity index (χ3n) is 3.51. The van der Waals surface area contributed by atoms with E-state index in [9.17, 15) is 9.59 Å². The summed E-state index contributed by atoms with van der Waals surface area (Å²) in [5.74, 6) is -1.39. The second-order valence-electron chi connectivity index (χ2n) is 4.75. The van der Waals surface area contributed by atoms with Crippen molar-refractivity contribution in [3.63, 3.8) is 0 Å². The van der Waals surface area contributed by atoms with Crippen molar-refractivity contribution in [3.8, 4) is 0 Å². The number of aromatic amines is 1. The predicted molar refractivity (Wildman–Crippen MR) is 67.7 cm³/mol. The highest BCUT2D eigenvalue weighted by atomic mass is 16.4. The Hall–Kier alpha value is -2.37. The van der Waals surface area contributed by atoms with Crippen molar-refractivity contribution in [2.24, 2.45) is 5.92 Å². The molecule has 1 fully saturated rings. The van der Waals surface area contributed by atoms with E-state index in [1.54, 1.807) is 29.3 Å². The SMILES string of the molecule is O=C(O)[C@@H]1CCN(C(=O)c2ccc3[nH]ncc3c2)C1. The molecule has 0 spiro atoms.